The van der Waals surface area contributed by atoms with Gasteiger partial charge in [0.05, 0.1) is 36.2 Å². The number of morpholine rings is 1. The predicted molar refractivity (Wildman–Crippen MR) is 212 cm³/mol. The number of rotatable bonds is 10. The van der Waals surface area contributed by atoms with Crippen LogP contribution in [0.4, 0.5) is 4.79 Å². The highest BCUT2D eigenvalue weighted by Crippen LogP contribution is 2.65. The lowest BCUT2D eigenvalue weighted by atomic mass is 9.56. The van der Waals surface area contributed by atoms with E-state index in [-0.39, 0.29) is 73.3 Å². The standard InChI is InChI=1S/C45H71N3O9/c1-55-25-26-56-44(54)47-34-20-12-11-19-33(34)45(43(47)53)36(41(51)46-27-35(50)28-13-5-2-6-14-28)38-42(52)57-39(30-17-9-4-10-18-30)37(29-15-7-3-8-16-29)48(38)40(45)31-21-23-32(49)24-22-31/h28-40,49-50H,2-27H2,1H3,(H,46,51)/t31?,32?,33?,34?,35-,36+,37+,38+,39-,40-,45+/m0/s1. The van der Waals surface area contributed by atoms with Crippen molar-refractivity contribution in [3.05, 3.63) is 0 Å². The van der Waals surface area contributed by atoms with Crippen LogP contribution >= 0.6 is 0 Å². The van der Waals surface area contributed by atoms with E-state index < -0.39 is 53.7 Å². The van der Waals surface area contributed by atoms with E-state index in [2.05, 4.69) is 10.2 Å². The highest BCUT2D eigenvalue weighted by Gasteiger charge is 2.79. The Bertz CT molecular complexity index is 1420. The molecule has 320 valence electrons. The number of imide groups is 1. The van der Waals surface area contributed by atoms with Gasteiger partial charge in [-0.05, 0) is 107 Å². The van der Waals surface area contributed by atoms with Crippen LogP contribution in [-0.4, -0.2) is 113 Å². The van der Waals surface area contributed by atoms with Gasteiger partial charge in [-0.1, -0.05) is 70.6 Å². The number of ether oxygens (including phenoxy) is 3. The minimum Gasteiger partial charge on any atom is -0.459 e. The van der Waals surface area contributed by atoms with E-state index in [1.165, 1.54) is 24.9 Å². The maximum Gasteiger partial charge on any atom is 0.416 e. The Labute approximate surface area is 339 Å². The number of carbonyl (C=O) groups is 4. The summed E-state index contributed by atoms with van der Waals surface area (Å²) in [4.78, 5) is 64.7. The molecule has 12 nitrogen and oxygen atoms in total. The third kappa shape index (κ3) is 7.69. The van der Waals surface area contributed by atoms with Crippen LogP contribution in [-0.2, 0) is 28.6 Å². The van der Waals surface area contributed by atoms with Gasteiger partial charge in [-0.3, -0.25) is 19.3 Å². The monoisotopic (exact) mass is 798 g/mol. The summed E-state index contributed by atoms with van der Waals surface area (Å²) in [5, 5.41) is 25.5. The Morgan fingerprint density at radius 1 is 0.789 bits per heavy atom. The number of likely N-dealkylation sites (tertiary alicyclic amines) is 1. The molecule has 3 saturated heterocycles. The van der Waals surface area contributed by atoms with E-state index in [1.54, 1.807) is 0 Å². The first-order chi connectivity index (χ1) is 27.8. The number of nitrogens with zero attached hydrogens (tertiary/aromatic N) is 2. The van der Waals surface area contributed by atoms with Crippen molar-refractivity contribution in [3.63, 3.8) is 0 Å². The smallest absolute Gasteiger partial charge is 0.416 e. The second kappa shape index (κ2) is 18.1. The van der Waals surface area contributed by atoms with Crippen LogP contribution < -0.4 is 5.32 Å². The summed E-state index contributed by atoms with van der Waals surface area (Å²) in [6.07, 6.45) is 19.2. The third-order valence-electron chi connectivity index (χ3n) is 16.5. The fourth-order valence-corrected chi connectivity index (χ4v) is 14.1. The van der Waals surface area contributed by atoms with Gasteiger partial charge in [0.1, 0.15) is 18.8 Å². The summed E-state index contributed by atoms with van der Waals surface area (Å²) >= 11 is 0. The summed E-state index contributed by atoms with van der Waals surface area (Å²) < 4.78 is 17.7. The fraction of sp³-hybridized carbons (Fsp3) is 0.911. The molecule has 5 aliphatic carbocycles. The Hall–Kier alpha value is -2.28. The van der Waals surface area contributed by atoms with E-state index in [0.717, 1.165) is 96.3 Å². The SMILES string of the molecule is COCCOC(=O)N1C(=O)[C@@]2(C3CCCCC31)[C@H](C1CCC(O)CC1)N1[C@H](C3CCCCC3)[C@H](C3CCCCC3)OC(=O)[C@H]1[C@@H]2C(=O)NC[C@H](O)C1CCCCC1. The zero-order chi connectivity index (χ0) is 39.7. The first kappa shape index (κ1) is 41.5. The highest BCUT2D eigenvalue weighted by molar-refractivity contribution is 6.04. The maximum atomic E-state index is 16.0. The van der Waals surface area contributed by atoms with E-state index in [4.69, 9.17) is 14.2 Å². The Morgan fingerprint density at radius 2 is 1.40 bits per heavy atom. The molecule has 3 aliphatic heterocycles. The quantitative estimate of drug-likeness (QED) is 0.180. The van der Waals surface area contributed by atoms with Crippen molar-refractivity contribution in [2.45, 2.75) is 190 Å². The molecule has 3 amide bonds. The van der Waals surface area contributed by atoms with Crippen molar-refractivity contribution in [2.75, 3.05) is 26.9 Å². The molecule has 57 heavy (non-hydrogen) atoms. The van der Waals surface area contributed by atoms with Crippen LogP contribution in [0.3, 0.4) is 0 Å². The van der Waals surface area contributed by atoms with Gasteiger partial charge < -0.3 is 29.7 Å². The van der Waals surface area contributed by atoms with Crippen molar-refractivity contribution in [1.29, 1.82) is 0 Å². The van der Waals surface area contributed by atoms with Gasteiger partial charge in [0.15, 0.2) is 0 Å². The Kier molecular flexibility index (Phi) is 13.2. The Morgan fingerprint density at radius 3 is 2.07 bits per heavy atom. The molecule has 3 heterocycles. The summed E-state index contributed by atoms with van der Waals surface area (Å²) in [6, 6.07) is -2.08. The molecule has 8 fully saturated rings. The van der Waals surface area contributed by atoms with Gasteiger partial charge in [0.25, 0.3) is 0 Å². The molecule has 0 bridgehead atoms. The van der Waals surface area contributed by atoms with E-state index >= 15 is 14.4 Å². The van der Waals surface area contributed by atoms with E-state index in [1.807, 2.05) is 0 Å². The number of amides is 3. The van der Waals surface area contributed by atoms with Crippen LogP contribution in [0.15, 0.2) is 0 Å². The number of cyclic esters (lactones) is 1. The van der Waals surface area contributed by atoms with Crippen molar-refractivity contribution in [2.24, 2.45) is 40.9 Å². The van der Waals surface area contributed by atoms with Crippen molar-refractivity contribution >= 4 is 23.9 Å². The average molecular weight is 798 g/mol. The van der Waals surface area contributed by atoms with Crippen LogP contribution in [0.2, 0.25) is 0 Å². The number of esters is 1. The molecule has 2 unspecified atom stereocenters. The van der Waals surface area contributed by atoms with Crippen molar-refractivity contribution in [1.82, 2.24) is 15.1 Å². The molecule has 0 aromatic rings. The normalized spacial score (nSPS) is 39.1. The molecular formula is C45H71N3O9. The van der Waals surface area contributed by atoms with Crippen molar-refractivity contribution in [3.8, 4) is 0 Å². The van der Waals surface area contributed by atoms with Crippen LogP contribution in [0.1, 0.15) is 148 Å². The second-order valence-electron chi connectivity index (χ2n) is 19.5. The largest absolute Gasteiger partial charge is 0.459 e. The topological polar surface area (TPSA) is 155 Å². The lowest BCUT2D eigenvalue weighted by molar-refractivity contribution is -0.190. The number of fused-ring (bicyclic) bond motifs is 3. The molecule has 3 N–H and O–H groups in total. The number of aliphatic hydroxyl groups excluding tert-OH is 2. The number of carbonyl (C=O) groups excluding carboxylic acids is 4. The van der Waals surface area contributed by atoms with Crippen LogP contribution in [0.25, 0.3) is 0 Å². The Balaban J connectivity index is 1.28. The number of nitrogens with one attached hydrogen (secondary N) is 1. The summed E-state index contributed by atoms with van der Waals surface area (Å²) in [6.45, 7) is 0.256. The molecule has 9 atom stereocenters. The molecule has 1 spiro atoms. The third-order valence-corrected chi connectivity index (χ3v) is 16.5. The lowest BCUT2D eigenvalue weighted by Gasteiger charge is -2.54. The first-order valence-corrected chi connectivity index (χ1v) is 23.4. The van der Waals surface area contributed by atoms with Gasteiger partial charge in [0.2, 0.25) is 11.8 Å². The summed E-state index contributed by atoms with van der Waals surface area (Å²) in [5.74, 6) is -2.16. The molecule has 8 aliphatic rings. The van der Waals surface area contributed by atoms with Crippen LogP contribution in [0.5, 0.6) is 0 Å². The maximum absolute atomic E-state index is 16.0. The molecular weight excluding hydrogens is 727 g/mol. The number of hydrogen-bond acceptors (Lipinski definition) is 10. The van der Waals surface area contributed by atoms with Gasteiger partial charge in [-0.25, -0.2) is 9.69 Å². The molecule has 0 aromatic carbocycles. The van der Waals surface area contributed by atoms with Gasteiger partial charge in [0, 0.05) is 25.7 Å². The minimum atomic E-state index is -1.39. The van der Waals surface area contributed by atoms with Gasteiger partial charge in [-0.15, -0.1) is 0 Å². The van der Waals surface area contributed by atoms with Crippen LogP contribution in [0, 0.1) is 40.9 Å². The van der Waals surface area contributed by atoms with Gasteiger partial charge >= 0.3 is 12.1 Å². The van der Waals surface area contributed by atoms with Crippen molar-refractivity contribution < 1.29 is 43.6 Å². The number of aliphatic hydroxyl groups is 2. The van der Waals surface area contributed by atoms with E-state index in [9.17, 15) is 15.0 Å². The molecule has 0 aromatic heterocycles. The summed E-state index contributed by atoms with van der Waals surface area (Å²) in [7, 11) is 1.54. The molecule has 0 radical (unpaired) electrons. The predicted octanol–water partition coefficient (Wildman–Crippen LogP) is 5.89. The highest BCUT2D eigenvalue weighted by atomic mass is 16.6. The molecule has 5 saturated carbocycles. The minimum absolute atomic E-state index is 0.00428. The number of hydrogen-bond donors (Lipinski definition) is 3. The summed E-state index contributed by atoms with van der Waals surface area (Å²) in [5.41, 5.74) is -1.39. The number of methoxy groups -OCH3 is 1. The lowest BCUT2D eigenvalue weighted by Crippen LogP contribution is -2.66. The zero-order valence-electron chi connectivity index (χ0n) is 34.5. The van der Waals surface area contributed by atoms with E-state index in [0.29, 0.717) is 38.5 Å². The first-order valence-electron chi connectivity index (χ1n) is 23.4. The molecule has 12 heteroatoms. The molecule has 8 rings (SSSR count). The fourth-order valence-electron chi connectivity index (χ4n) is 14.1. The second-order valence-corrected chi connectivity index (χ2v) is 19.5. The van der Waals surface area contributed by atoms with Gasteiger partial charge in [-0.2, -0.15) is 0 Å². The zero-order valence-corrected chi connectivity index (χ0v) is 34.5. The average Bonchev–Trinajstić information content (AvgIpc) is 3.70.